The fraction of sp³-hybridized carbons (Fsp3) is 0.455. The first-order chi connectivity index (χ1) is 7.25. The second-order valence-electron chi connectivity index (χ2n) is 3.75. The number of aliphatic imine (C=N–C) groups is 1. The van der Waals surface area contributed by atoms with Crippen LogP contribution in [0.2, 0.25) is 0 Å². The Balaban J connectivity index is 1.98. The van der Waals surface area contributed by atoms with Gasteiger partial charge < -0.3 is 5.32 Å². The first-order valence-electron chi connectivity index (χ1n) is 5.13. The molecule has 2 rings (SSSR count). The Kier molecular flexibility index (Phi) is 3.26. The fourth-order valence-corrected chi connectivity index (χ4v) is 2.44. The Hall–Kier alpha value is -1.03. The zero-order valence-corrected chi connectivity index (χ0v) is 9.79. The van der Waals surface area contributed by atoms with Crippen molar-refractivity contribution in [2.75, 3.05) is 5.75 Å². The van der Waals surface area contributed by atoms with Gasteiger partial charge in [0.1, 0.15) is 0 Å². The molecule has 3 nitrogen and oxygen atoms in total. The summed E-state index contributed by atoms with van der Waals surface area (Å²) in [5.74, 6) is 1.09. The van der Waals surface area contributed by atoms with Crippen LogP contribution in [0.1, 0.15) is 25.5 Å². The van der Waals surface area contributed by atoms with E-state index in [1.165, 1.54) is 5.56 Å². The largest absolute Gasteiger partial charge is 0.358 e. The number of hydrogen-bond donors (Lipinski definition) is 1. The summed E-state index contributed by atoms with van der Waals surface area (Å²) in [7, 11) is 0. The lowest BCUT2D eigenvalue weighted by Crippen LogP contribution is -2.23. The van der Waals surface area contributed by atoms with Crippen molar-refractivity contribution in [2.24, 2.45) is 4.99 Å². The second-order valence-corrected chi connectivity index (χ2v) is 4.76. The molecule has 1 aromatic rings. The van der Waals surface area contributed by atoms with Crippen molar-refractivity contribution in [1.82, 2.24) is 10.3 Å². The highest BCUT2D eigenvalue weighted by Crippen LogP contribution is 2.19. The van der Waals surface area contributed by atoms with Gasteiger partial charge in [-0.15, -0.1) is 0 Å². The van der Waals surface area contributed by atoms with Gasteiger partial charge >= 0.3 is 0 Å². The van der Waals surface area contributed by atoms with Gasteiger partial charge in [-0.1, -0.05) is 17.8 Å². The van der Waals surface area contributed by atoms with Crippen LogP contribution in [0.15, 0.2) is 29.5 Å². The molecule has 0 radical (unpaired) electrons. The van der Waals surface area contributed by atoms with Crippen LogP contribution in [0.5, 0.6) is 0 Å². The van der Waals surface area contributed by atoms with E-state index in [2.05, 4.69) is 35.2 Å². The Labute approximate surface area is 94.4 Å². The third kappa shape index (κ3) is 2.72. The average Bonchev–Trinajstić information content (AvgIpc) is 2.65. The molecule has 0 spiro atoms. The lowest BCUT2D eigenvalue weighted by atomic mass is 10.1. The third-order valence-corrected chi connectivity index (χ3v) is 3.47. The number of amidine groups is 1. The lowest BCUT2D eigenvalue weighted by Gasteiger charge is -2.13. The number of rotatable bonds is 2. The predicted molar refractivity (Wildman–Crippen MR) is 65.1 cm³/mol. The normalized spacial score (nSPS) is 22.3. The Morgan fingerprint density at radius 3 is 3.07 bits per heavy atom. The molecule has 1 aromatic heterocycles. The van der Waals surface area contributed by atoms with Crippen LogP contribution in [0.3, 0.4) is 0 Å². The van der Waals surface area contributed by atoms with Crippen molar-refractivity contribution in [3.8, 4) is 0 Å². The van der Waals surface area contributed by atoms with Gasteiger partial charge in [0.25, 0.3) is 0 Å². The molecule has 0 amide bonds. The van der Waals surface area contributed by atoms with Crippen LogP contribution in [-0.4, -0.2) is 21.9 Å². The lowest BCUT2D eigenvalue weighted by molar-refractivity contribution is 0.714. The highest BCUT2D eigenvalue weighted by Gasteiger charge is 2.15. The number of pyridine rings is 1. The molecule has 2 unspecified atom stereocenters. The number of thioether (sulfide) groups is 1. The zero-order chi connectivity index (χ0) is 10.7. The van der Waals surface area contributed by atoms with Gasteiger partial charge in [-0.25, -0.2) is 0 Å². The van der Waals surface area contributed by atoms with Crippen LogP contribution in [-0.2, 0) is 0 Å². The Bertz CT molecular complexity index is 350. The van der Waals surface area contributed by atoms with E-state index in [0.29, 0.717) is 6.04 Å². The molecule has 80 valence electrons. The van der Waals surface area contributed by atoms with Crippen molar-refractivity contribution in [2.45, 2.75) is 25.9 Å². The van der Waals surface area contributed by atoms with Crippen molar-refractivity contribution in [3.63, 3.8) is 0 Å². The third-order valence-electron chi connectivity index (χ3n) is 2.32. The van der Waals surface area contributed by atoms with E-state index in [1.54, 1.807) is 18.0 Å². The molecule has 1 N–H and O–H groups in total. The van der Waals surface area contributed by atoms with Crippen molar-refractivity contribution >= 4 is 16.9 Å². The van der Waals surface area contributed by atoms with Crippen LogP contribution < -0.4 is 5.32 Å². The van der Waals surface area contributed by atoms with E-state index >= 15 is 0 Å². The number of hydrogen-bond acceptors (Lipinski definition) is 4. The van der Waals surface area contributed by atoms with Gasteiger partial charge in [0.2, 0.25) is 0 Å². The van der Waals surface area contributed by atoms with Gasteiger partial charge in [0.15, 0.2) is 5.17 Å². The molecule has 1 aliphatic heterocycles. The zero-order valence-electron chi connectivity index (χ0n) is 8.97. The average molecular weight is 221 g/mol. The summed E-state index contributed by atoms with van der Waals surface area (Å²) in [6.07, 6.45) is 3.68. The first kappa shape index (κ1) is 10.5. The summed E-state index contributed by atoms with van der Waals surface area (Å²) in [6, 6.07) is 4.75. The topological polar surface area (TPSA) is 37.3 Å². The molecule has 1 aliphatic rings. The summed E-state index contributed by atoms with van der Waals surface area (Å²) < 4.78 is 0. The van der Waals surface area contributed by atoms with E-state index in [9.17, 15) is 0 Å². The molecule has 15 heavy (non-hydrogen) atoms. The van der Waals surface area contributed by atoms with Gasteiger partial charge in [-0.05, 0) is 25.5 Å². The maximum atomic E-state index is 4.50. The molecule has 0 fully saturated rings. The Morgan fingerprint density at radius 2 is 2.47 bits per heavy atom. The quantitative estimate of drug-likeness (QED) is 0.832. The number of nitrogens with zero attached hydrogens (tertiary/aromatic N) is 2. The SMILES string of the molecule is CC1CSC(NC(C)c2cccnc2)=N1. The molecule has 0 bridgehead atoms. The Morgan fingerprint density at radius 1 is 1.60 bits per heavy atom. The van der Waals surface area contributed by atoms with Gasteiger partial charge in [0, 0.05) is 18.1 Å². The fourth-order valence-electron chi connectivity index (χ4n) is 1.45. The van der Waals surface area contributed by atoms with E-state index < -0.39 is 0 Å². The minimum Gasteiger partial charge on any atom is -0.358 e. The standard InChI is InChI=1S/C11H15N3S/c1-8-7-15-11(13-8)14-9(2)10-4-3-5-12-6-10/h3-6,8-9H,7H2,1-2H3,(H,13,14). The van der Waals surface area contributed by atoms with Crippen molar-refractivity contribution in [1.29, 1.82) is 0 Å². The minimum absolute atomic E-state index is 0.273. The maximum absolute atomic E-state index is 4.50. The first-order valence-corrected chi connectivity index (χ1v) is 6.11. The van der Waals surface area contributed by atoms with Crippen LogP contribution in [0, 0.1) is 0 Å². The molecule has 0 aliphatic carbocycles. The second kappa shape index (κ2) is 4.66. The summed E-state index contributed by atoms with van der Waals surface area (Å²) >= 11 is 1.79. The van der Waals surface area contributed by atoms with Crippen LogP contribution >= 0.6 is 11.8 Å². The molecule has 2 atom stereocenters. The van der Waals surface area contributed by atoms with Crippen LogP contribution in [0.25, 0.3) is 0 Å². The van der Waals surface area contributed by atoms with Crippen molar-refractivity contribution < 1.29 is 0 Å². The van der Waals surface area contributed by atoms with E-state index in [0.717, 1.165) is 10.9 Å². The molecular weight excluding hydrogens is 206 g/mol. The summed E-state index contributed by atoms with van der Waals surface area (Å²) in [4.78, 5) is 8.61. The monoisotopic (exact) mass is 221 g/mol. The molecule has 2 heterocycles. The summed E-state index contributed by atoms with van der Waals surface area (Å²) in [5, 5.41) is 4.45. The van der Waals surface area contributed by atoms with E-state index in [1.807, 2.05) is 12.3 Å². The summed E-state index contributed by atoms with van der Waals surface area (Å²) in [5.41, 5.74) is 1.19. The maximum Gasteiger partial charge on any atom is 0.157 e. The van der Waals surface area contributed by atoms with Crippen molar-refractivity contribution in [3.05, 3.63) is 30.1 Å². The van der Waals surface area contributed by atoms with Gasteiger partial charge in [-0.3, -0.25) is 9.98 Å². The van der Waals surface area contributed by atoms with E-state index in [4.69, 9.17) is 0 Å². The molecule has 0 aromatic carbocycles. The predicted octanol–water partition coefficient (Wildman–Crippen LogP) is 2.22. The molecular formula is C11H15N3S. The number of aromatic nitrogens is 1. The number of nitrogens with one attached hydrogen (secondary N) is 1. The molecule has 4 heteroatoms. The molecule has 0 saturated heterocycles. The van der Waals surface area contributed by atoms with Gasteiger partial charge in [-0.2, -0.15) is 0 Å². The minimum atomic E-state index is 0.273. The van der Waals surface area contributed by atoms with E-state index in [-0.39, 0.29) is 6.04 Å². The highest BCUT2D eigenvalue weighted by atomic mass is 32.2. The summed E-state index contributed by atoms with van der Waals surface area (Å²) in [6.45, 7) is 4.26. The molecule has 0 saturated carbocycles. The van der Waals surface area contributed by atoms with Gasteiger partial charge in [0.05, 0.1) is 12.1 Å². The highest BCUT2D eigenvalue weighted by molar-refractivity contribution is 8.14. The smallest absolute Gasteiger partial charge is 0.157 e. The van der Waals surface area contributed by atoms with Crippen LogP contribution in [0.4, 0.5) is 0 Å².